The summed E-state index contributed by atoms with van der Waals surface area (Å²) < 4.78 is 0. The number of rotatable bonds is 3. The van der Waals surface area contributed by atoms with Crippen molar-refractivity contribution < 1.29 is 0 Å². The van der Waals surface area contributed by atoms with Crippen LogP contribution in [0.25, 0.3) is 0 Å². The lowest BCUT2D eigenvalue weighted by atomic mass is 9.96. The summed E-state index contributed by atoms with van der Waals surface area (Å²) in [7, 11) is 2.19. The van der Waals surface area contributed by atoms with Gasteiger partial charge in [0.15, 0.2) is 0 Å². The number of fused-ring (bicyclic) bond motifs is 1. The Bertz CT molecular complexity index is 455. The first-order valence-corrected chi connectivity index (χ1v) is 8.30. The second-order valence-electron chi connectivity index (χ2n) is 6.74. The maximum atomic E-state index is 3.82. The van der Waals surface area contributed by atoms with Crippen LogP contribution in [-0.4, -0.2) is 19.6 Å². The molecule has 0 amide bonds. The molecule has 1 N–H and O–H groups in total. The maximum absolute atomic E-state index is 3.82. The molecule has 1 aliphatic heterocycles. The molecule has 0 spiro atoms. The van der Waals surface area contributed by atoms with E-state index in [1.165, 1.54) is 61.9 Å². The summed E-state index contributed by atoms with van der Waals surface area (Å²) in [5, 5.41) is 3.82. The number of hydrogen-bond donors (Lipinski definition) is 1. The van der Waals surface area contributed by atoms with Gasteiger partial charge in [0.25, 0.3) is 0 Å². The zero-order valence-electron chi connectivity index (χ0n) is 13.0. The maximum Gasteiger partial charge on any atom is 0.0397 e. The first-order valence-electron chi connectivity index (χ1n) is 8.30. The highest BCUT2D eigenvalue weighted by Gasteiger charge is 2.20. The number of nitrogens with zero attached hydrogens (tertiary/aromatic N) is 1. The highest BCUT2D eigenvalue weighted by molar-refractivity contribution is 5.58. The van der Waals surface area contributed by atoms with Gasteiger partial charge in [-0.1, -0.05) is 38.3 Å². The van der Waals surface area contributed by atoms with Crippen LogP contribution in [0.3, 0.4) is 0 Å². The Morgan fingerprint density at radius 2 is 2.05 bits per heavy atom. The molecule has 2 aliphatic rings. The van der Waals surface area contributed by atoms with Gasteiger partial charge in [0.1, 0.15) is 0 Å². The predicted molar refractivity (Wildman–Crippen MR) is 86.3 cm³/mol. The summed E-state index contributed by atoms with van der Waals surface area (Å²) in [5.41, 5.74) is 4.41. The lowest BCUT2D eigenvalue weighted by Gasteiger charge is -2.23. The van der Waals surface area contributed by atoms with Gasteiger partial charge in [0.05, 0.1) is 0 Å². The molecule has 1 fully saturated rings. The summed E-state index contributed by atoms with van der Waals surface area (Å²) in [6.07, 6.45) is 8.20. The van der Waals surface area contributed by atoms with Crippen LogP contribution in [0.1, 0.15) is 50.2 Å². The Balaban J connectivity index is 1.61. The monoisotopic (exact) mass is 272 g/mol. The second kappa shape index (κ2) is 6.17. The van der Waals surface area contributed by atoms with Crippen molar-refractivity contribution >= 4 is 5.69 Å². The second-order valence-corrected chi connectivity index (χ2v) is 6.74. The summed E-state index contributed by atoms with van der Waals surface area (Å²) in [4.78, 5) is 2.36. The van der Waals surface area contributed by atoms with E-state index in [2.05, 4.69) is 42.4 Å². The van der Waals surface area contributed by atoms with Crippen molar-refractivity contribution in [1.82, 2.24) is 5.32 Å². The molecule has 0 radical (unpaired) electrons. The third-order valence-electron chi connectivity index (χ3n) is 5.20. The van der Waals surface area contributed by atoms with Crippen molar-refractivity contribution in [3.8, 4) is 0 Å². The van der Waals surface area contributed by atoms with E-state index in [-0.39, 0.29) is 0 Å². The van der Waals surface area contributed by atoms with Gasteiger partial charge in [-0.05, 0) is 42.4 Å². The number of nitrogens with one attached hydrogen (secondary N) is 1. The first-order chi connectivity index (χ1) is 9.74. The summed E-state index contributed by atoms with van der Waals surface area (Å²) >= 11 is 0. The van der Waals surface area contributed by atoms with Crippen LogP contribution >= 0.6 is 0 Å². The van der Waals surface area contributed by atoms with E-state index in [1.54, 1.807) is 0 Å². The number of hydrogen-bond acceptors (Lipinski definition) is 2. The number of benzene rings is 1. The largest absolute Gasteiger partial charge is 0.374 e. The molecule has 1 aromatic carbocycles. The van der Waals surface area contributed by atoms with Crippen LogP contribution in [0.2, 0.25) is 0 Å². The first kappa shape index (κ1) is 13.9. The minimum atomic E-state index is 0.716. The normalized spacial score (nSPS) is 26.4. The lowest BCUT2D eigenvalue weighted by molar-refractivity contribution is 0.356. The molecule has 0 bridgehead atoms. The van der Waals surface area contributed by atoms with Gasteiger partial charge in [-0.2, -0.15) is 0 Å². The van der Waals surface area contributed by atoms with E-state index < -0.39 is 0 Å². The lowest BCUT2D eigenvalue weighted by Crippen LogP contribution is -2.33. The molecule has 1 heterocycles. The fourth-order valence-corrected chi connectivity index (χ4v) is 3.78. The highest BCUT2D eigenvalue weighted by Crippen LogP contribution is 2.28. The third kappa shape index (κ3) is 3.01. The standard InChI is InChI=1S/C18H28N2/c1-14-6-4-3-5-7-17(14)19-13-15-8-9-18-16(12-15)10-11-20(18)2/h8-9,12,14,17,19H,3-7,10-11,13H2,1-2H3. The Hall–Kier alpha value is -1.02. The van der Waals surface area contributed by atoms with Crippen LogP contribution in [0, 0.1) is 5.92 Å². The van der Waals surface area contributed by atoms with Crippen LogP contribution in [0.5, 0.6) is 0 Å². The highest BCUT2D eigenvalue weighted by atomic mass is 15.1. The smallest absolute Gasteiger partial charge is 0.0397 e. The summed E-state index contributed by atoms with van der Waals surface area (Å²) in [6.45, 7) is 4.62. The number of anilines is 1. The van der Waals surface area contributed by atoms with E-state index in [0.29, 0.717) is 6.04 Å². The molecule has 2 atom stereocenters. The van der Waals surface area contributed by atoms with E-state index in [0.717, 1.165) is 12.5 Å². The molecule has 110 valence electrons. The molecule has 1 aliphatic carbocycles. The van der Waals surface area contributed by atoms with Gasteiger partial charge in [-0.3, -0.25) is 0 Å². The van der Waals surface area contributed by atoms with Gasteiger partial charge in [-0.15, -0.1) is 0 Å². The molecule has 0 saturated heterocycles. The fraction of sp³-hybridized carbons (Fsp3) is 0.667. The predicted octanol–water partition coefficient (Wildman–Crippen LogP) is 3.74. The Labute approximate surface area is 123 Å². The summed E-state index contributed by atoms with van der Waals surface area (Å²) in [5.74, 6) is 0.832. The van der Waals surface area contributed by atoms with Crippen molar-refractivity contribution in [2.75, 3.05) is 18.5 Å². The Morgan fingerprint density at radius 3 is 2.95 bits per heavy atom. The van der Waals surface area contributed by atoms with Crippen molar-refractivity contribution in [1.29, 1.82) is 0 Å². The fourth-order valence-electron chi connectivity index (χ4n) is 3.78. The average Bonchev–Trinajstić information content (AvgIpc) is 2.69. The third-order valence-corrected chi connectivity index (χ3v) is 5.20. The van der Waals surface area contributed by atoms with Gasteiger partial charge < -0.3 is 10.2 Å². The average molecular weight is 272 g/mol. The van der Waals surface area contributed by atoms with Gasteiger partial charge in [0, 0.05) is 31.9 Å². The molecule has 2 heteroatoms. The van der Waals surface area contributed by atoms with Gasteiger partial charge in [0.2, 0.25) is 0 Å². The SMILES string of the molecule is CC1CCCCCC1NCc1ccc2c(c1)CCN2C. The minimum absolute atomic E-state index is 0.716. The van der Waals surface area contributed by atoms with E-state index >= 15 is 0 Å². The van der Waals surface area contributed by atoms with Crippen LogP contribution in [0.4, 0.5) is 5.69 Å². The van der Waals surface area contributed by atoms with Crippen LogP contribution < -0.4 is 10.2 Å². The molecule has 1 aromatic rings. The molecule has 2 unspecified atom stereocenters. The van der Waals surface area contributed by atoms with Gasteiger partial charge in [-0.25, -0.2) is 0 Å². The summed E-state index contributed by atoms with van der Waals surface area (Å²) in [6, 6.07) is 7.73. The quantitative estimate of drug-likeness (QED) is 0.843. The van der Waals surface area contributed by atoms with E-state index in [9.17, 15) is 0 Å². The van der Waals surface area contributed by atoms with E-state index in [4.69, 9.17) is 0 Å². The van der Waals surface area contributed by atoms with Gasteiger partial charge >= 0.3 is 0 Å². The molecule has 20 heavy (non-hydrogen) atoms. The zero-order valence-corrected chi connectivity index (χ0v) is 13.0. The molecule has 2 nitrogen and oxygen atoms in total. The zero-order chi connectivity index (χ0) is 13.9. The molecule has 1 saturated carbocycles. The van der Waals surface area contributed by atoms with Crippen molar-refractivity contribution in [2.24, 2.45) is 5.92 Å². The van der Waals surface area contributed by atoms with Crippen LogP contribution in [0.15, 0.2) is 18.2 Å². The molecular formula is C18H28N2. The van der Waals surface area contributed by atoms with Crippen LogP contribution in [-0.2, 0) is 13.0 Å². The molecule has 3 rings (SSSR count). The van der Waals surface area contributed by atoms with Crippen molar-refractivity contribution in [3.63, 3.8) is 0 Å². The minimum Gasteiger partial charge on any atom is -0.374 e. The topological polar surface area (TPSA) is 15.3 Å². The molecular weight excluding hydrogens is 244 g/mol. The van der Waals surface area contributed by atoms with Crippen molar-refractivity contribution in [3.05, 3.63) is 29.3 Å². The molecule has 0 aromatic heterocycles. The Kier molecular flexibility index (Phi) is 4.30. The number of likely N-dealkylation sites (N-methyl/N-ethyl adjacent to an activating group) is 1. The van der Waals surface area contributed by atoms with Crippen molar-refractivity contribution in [2.45, 2.75) is 58.0 Å². The van der Waals surface area contributed by atoms with E-state index in [1.807, 2.05) is 0 Å². The Morgan fingerprint density at radius 1 is 1.20 bits per heavy atom.